The number of rotatable bonds is 2. The first-order chi connectivity index (χ1) is 9.59. The fourth-order valence-corrected chi connectivity index (χ4v) is 3.68. The van der Waals surface area contributed by atoms with E-state index in [1.165, 1.54) is 19.3 Å². The van der Waals surface area contributed by atoms with Crippen LogP contribution < -0.4 is 0 Å². The van der Waals surface area contributed by atoms with Crippen LogP contribution in [0.2, 0.25) is 0 Å². The highest BCUT2D eigenvalue weighted by molar-refractivity contribution is 9.10. The molecule has 1 aliphatic carbocycles. The van der Waals surface area contributed by atoms with Gasteiger partial charge in [-0.2, -0.15) is 5.10 Å². The number of fused-ring (bicyclic) bond motifs is 1. The molecule has 3 rings (SSSR count). The monoisotopic (exact) mass is 337 g/mol. The third-order valence-electron chi connectivity index (χ3n) is 4.01. The molecule has 0 aromatic carbocycles. The van der Waals surface area contributed by atoms with Crippen LogP contribution in [0.5, 0.6) is 0 Å². The van der Waals surface area contributed by atoms with Crippen LogP contribution in [0.25, 0.3) is 5.65 Å². The first-order valence-corrected chi connectivity index (χ1v) is 7.66. The third kappa shape index (κ3) is 2.12. The van der Waals surface area contributed by atoms with E-state index >= 15 is 0 Å². The number of carbonyl (C=O) groups is 1. The number of halogens is 1. The minimum Gasteiger partial charge on any atom is -0.477 e. The standard InChI is InChI=1S/C14H16BrN3O2/c1-8-11(14(19)20)13-16-7-10(15)12(18(13)17-8)9-5-3-2-4-6-9/h7,9H,2-6H2,1H3,(H,19,20). The zero-order valence-electron chi connectivity index (χ0n) is 11.3. The van der Waals surface area contributed by atoms with Crippen LogP contribution in [0.1, 0.15) is 59.8 Å². The molecule has 0 spiro atoms. The van der Waals surface area contributed by atoms with Gasteiger partial charge in [0.2, 0.25) is 0 Å². The first kappa shape index (κ1) is 13.5. The van der Waals surface area contributed by atoms with Gasteiger partial charge in [0.05, 0.1) is 15.9 Å². The van der Waals surface area contributed by atoms with E-state index in [4.69, 9.17) is 0 Å². The van der Waals surface area contributed by atoms with Gasteiger partial charge in [-0.05, 0) is 35.7 Å². The quantitative estimate of drug-likeness (QED) is 0.909. The van der Waals surface area contributed by atoms with Crippen LogP contribution in [-0.4, -0.2) is 25.7 Å². The molecule has 0 aliphatic heterocycles. The molecule has 2 heterocycles. The van der Waals surface area contributed by atoms with E-state index in [-0.39, 0.29) is 5.56 Å². The topological polar surface area (TPSA) is 67.5 Å². The van der Waals surface area contributed by atoms with Crippen LogP contribution in [-0.2, 0) is 0 Å². The molecular formula is C14H16BrN3O2. The average Bonchev–Trinajstić information content (AvgIpc) is 2.75. The van der Waals surface area contributed by atoms with Gasteiger partial charge in [0.25, 0.3) is 0 Å². The molecule has 1 saturated carbocycles. The minimum absolute atomic E-state index is 0.203. The SMILES string of the molecule is Cc1nn2c(C3CCCCC3)c(Br)cnc2c1C(=O)O. The Morgan fingerprint density at radius 1 is 1.40 bits per heavy atom. The van der Waals surface area contributed by atoms with Crippen molar-refractivity contribution in [2.45, 2.75) is 44.9 Å². The van der Waals surface area contributed by atoms with Crippen molar-refractivity contribution in [3.05, 3.63) is 27.6 Å². The number of nitrogens with zero attached hydrogens (tertiary/aromatic N) is 3. The van der Waals surface area contributed by atoms with E-state index in [9.17, 15) is 9.90 Å². The molecular weight excluding hydrogens is 322 g/mol. The predicted octanol–water partition coefficient (Wildman–Crippen LogP) is 3.55. The number of aromatic carboxylic acids is 1. The molecule has 106 valence electrons. The van der Waals surface area contributed by atoms with Gasteiger partial charge in [0, 0.05) is 12.1 Å². The summed E-state index contributed by atoms with van der Waals surface area (Å²) in [6.45, 7) is 1.72. The van der Waals surface area contributed by atoms with Crippen LogP contribution in [0.3, 0.4) is 0 Å². The lowest BCUT2D eigenvalue weighted by atomic mass is 9.87. The van der Waals surface area contributed by atoms with Gasteiger partial charge in [-0.15, -0.1) is 0 Å². The van der Waals surface area contributed by atoms with E-state index < -0.39 is 5.97 Å². The minimum atomic E-state index is -0.970. The van der Waals surface area contributed by atoms with Gasteiger partial charge in [0.1, 0.15) is 5.56 Å². The summed E-state index contributed by atoms with van der Waals surface area (Å²) < 4.78 is 2.63. The maximum Gasteiger partial charge on any atom is 0.341 e. The number of carboxylic acids is 1. The molecule has 0 saturated heterocycles. The van der Waals surface area contributed by atoms with Crippen molar-refractivity contribution in [3.63, 3.8) is 0 Å². The Morgan fingerprint density at radius 3 is 2.75 bits per heavy atom. The molecule has 0 amide bonds. The van der Waals surface area contributed by atoms with Crippen LogP contribution in [0.4, 0.5) is 0 Å². The molecule has 0 bridgehead atoms. The molecule has 0 unspecified atom stereocenters. The molecule has 0 radical (unpaired) electrons. The Kier molecular flexibility index (Phi) is 3.50. The first-order valence-electron chi connectivity index (χ1n) is 6.86. The molecule has 2 aromatic rings. The van der Waals surface area contributed by atoms with E-state index in [0.717, 1.165) is 23.0 Å². The van der Waals surface area contributed by atoms with Crippen molar-refractivity contribution < 1.29 is 9.90 Å². The lowest BCUT2D eigenvalue weighted by Crippen LogP contribution is -2.12. The summed E-state index contributed by atoms with van der Waals surface area (Å²) in [5.41, 5.74) is 2.22. The summed E-state index contributed by atoms with van der Waals surface area (Å²) in [7, 11) is 0. The number of aromatic nitrogens is 3. The number of aryl methyl sites for hydroxylation is 1. The Bertz CT molecular complexity index is 675. The molecule has 1 fully saturated rings. The smallest absolute Gasteiger partial charge is 0.341 e. The molecule has 5 nitrogen and oxygen atoms in total. The highest BCUT2D eigenvalue weighted by atomic mass is 79.9. The predicted molar refractivity (Wildman–Crippen MR) is 78.2 cm³/mol. The van der Waals surface area contributed by atoms with Crippen LogP contribution >= 0.6 is 15.9 Å². The summed E-state index contributed by atoms with van der Waals surface area (Å²) in [5, 5.41) is 13.7. The second-order valence-electron chi connectivity index (χ2n) is 5.33. The molecule has 6 heteroatoms. The number of hydrogen-bond donors (Lipinski definition) is 1. The molecule has 1 N–H and O–H groups in total. The number of carboxylic acid groups (broad SMARTS) is 1. The lowest BCUT2D eigenvalue weighted by molar-refractivity contribution is 0.0698. The maximum absolute atomic E-state index is 11.4. The van der Waals surface area contributed by atoms with Crippen LogP contribution in [0.15, 0.2) is 10.7 Å². The number of hydrogen-bond acceptors (Lipinski definition) is 3. The van der Waals surface area contributed by atoms with E-state index in [1.54, 1.807) is 17.6 Å². The van der Waals surface area contributed by atoms with Crippen molar-refractivity contribution in [2.24, 2.45) is 0 Å². The second-order valence-corrected chi connectivity index (χ2v) is 6.18. The summed E-state index contributed by atoms with van der Waals surface area (Å²) in [6.07, 6.45) is 7.66. The fraction of sp³-hybridized carbons (Fsp3) is 0.500. The Balaban J connectivity index is 2.22. The van der Waals surface area contributed by atoms with Gasteiger partial charge < -0.3 is 5.11 Å². The fourth-order valence-electron chi connectivity index (χ4n) is 3.08. The van der Waals surface area contributed by atoms with Crippen molar-refractivity contribution in [2.75, 3.05) is 0 Å². The van der Waals surface area contributed by atoms with Gasteiger partial charge >= 0.3 is 5.97 Å². The second kappa shape index (κ2) is 5.16. The Morgan fingerprint density at radius 2 is 2.10 bits per heavy atom. The molecule has 20 heavy (non-hydrogen) atoms. The molecule has 1 aliphatic rings. The summed E-state index contributed by atoms with van der Waals surface area (Å²) in [5.74, 6) is -0.550. The van der Waals surface area contributed by atoms with Crippen molar-refractivity contribution in [3.8, 4) is 0 Å². The van der Waals surface area contributed by atoms with Crippen molar-refractivity contribution >= 4 is 27.5 Å². The normalized spacial score (nSPS) is 16.7. The largest absolute Gasteiger partial charge is 0.477 e. The summed E-state index contributed by atoms with van der Waals surface area (Å²) >= 11 is 3.55. The summed E-state index contributed by atoms with van der Waals surface area (Å²) in [6, 6.07) is 0. The Hall–Kier alpha value is -1.43. The highest BCUT2D eigenvalue weighted by Crippen LogP contribution is 2.36. The van der Waals surface area contributed by atoms with Gasteiger partial charge in [-0.25, -0.2) is 14.3 Å². The van der Waals surface area contributed by atoms with E-state index in [2.05, 4.69) is 26.0 Å². The average molecular weight is 338 g/mol. The van der Waals surface area contributed by atoms with Gasteiger partial charge in [0.15, 0.2) is 5.65 Å². The Labute approximate surface area is 125 Å². The van der Waals surface area contributed by atoms with Crippen molar-refractivity contribution in [1.29, 1.82) is 0 Å². The zero-order valence-corrected chi connectivity index (χ0v) is 12.9. The summed E-state index contributed by atoms with van der Waals surface area (Å²) in [4.78, 5) is 15.6. The molecule has 2 aromatic heterocycles. The zero-order chi connectivity index (χ0) is 14.3. The third-order valence-corrected chi connectivity index (χ3v) is 4.63. The highest BCUT2D eigenvalue weighted by Gasteiger charge is 2.25. The van der Waals surface area contributed by atoms with Gasteiger partial charge in [-0.3, -0.25) is 0 Å². The van der Waals surface area contributed by atoms with E-state index in [1.807, 2.05) is 0 Å². The van der Waals surface area contributed by atoms with Crippen molar-refractivity contribution in [1.82, 2.24) is 14.6 Å². The van der Waals surface area contributed by atoms with E-state index in [0.29, 0.717) is 17.3 Å². The lowest BCUT2D eigenvalue weighted by Gasteiger charge is -2.23. The van der Waals surface area contributed by atoms with Gasteiger partial charge in [-0.1, -0.05) is 19.3 Å². The maximum atomic E-state index is 11.4. The van der Waals surface area contributed by atoms with Crippen LogP contribution in [0, 0.1) is 6.92 Å². The molecule has 0 atom stereocenters.